The molecule has 0 atom stereocenters. The van der Waals surface area contributed by atoms with Crippen LogP contribution < -0.4 is 0 Å². The van der Waals surface area contributed by atoms with E-state index in [1.54, 1.807) is 11.9 Å². The molecule has 0 unspecified atom stereocenters. The zero-order valence-electron chi connectivity index (χ0n) is 16.8. The summed E-state index contributed by atoms with van der Waals surface area (Å²) in [5.74, 6) is -1.20. The van der Waals surface area contributed by atoms with Crippen LogP contribution in [0.4, 0.5) is 8.78 Å². The average molecular weight is 410 g/mol. The zero-order chi connectivity index (χ0) is 20.1. The minimum Gasteiger partial charge on any atom is -0.390 e. The highest BCUT2D eigenvalue weighted by atomic mass is 32.2. The molecule has 1 aliphatic heterocycles. The predicted molar refractivity (Wildman–Crippen MR) is 109 cm³/mol. The third kappa shape index (κ3) is 4.21. The molecule has 1 saturated heterocycles. The Kier molecular flexibility index (Phi) is 5.21. The summed E-state index contributed by atoms with van der Waals surface area (Å²) in [5.41, 5.74) is 1.92. The van der Waals surface area contributed by atoms with Crippen molar-refractivity contribution < 1.29 is 13.9 Å². The van der Waals surface area contributed by atoms with Crippen LogP contribution in [0.1, 0.15) is 52.3 Å². The van der Waals surface area contributed by atoms with Crippen molar-refractivity contribution >= 4 is 23.0 Å². The lowest BCUT2D eigenvalue weighted by atomic mass is 9.86. The van der Waals surface area contributed by atoms with Crippen LogP contribution in [0.3, 0.4) is 0 Å². The first-order chi connectivity index (χ1) is 13.1. The number of β-amino-alcohol motifs (C(OH)–C–C–N with tert-alkyl or cyclic N) is 1. The van der Waals surface area contributed by atoms with E-state index in [4.69, 9.17) is 4.98 Å². The number of hydrogen-bond acceptors (Lipinski definition) is 4. The molecule has 28 heavy (non-hydrogen) atoms. The molecule has 4 nitrogen and oxygen atoms in total. The summed E-state index contributed by atoms with van der Waals surface area (Å²) in [5, 5.41) is 9.47. The molecule has 2 aliphatic rings. The Morgan fingerprint density at radius 3 is 2.50 bits per heavy atom. The Labute approximate surface area is 169 Å². The monoisotopic (exact) mass is 409 g/mol. The van der Waals surface area contributed by atoms with E-state index < -0.39 is 5.92 Å². The van der Waals surface area contributed by atoms with Gasteiger partial charge in [0.2, 0.25) is 5.92 Å². The standard InChI is InChI=1S/C21H29F2N3OS/c1-20(2,3)19-24-17-10-16(28-25-12-15(27)13-25)4-5-18(17)26(19)11-14-6-8-21(22,23)9-7-14/h4-5,10,14-15,27H,6-9,11-13H2,1-3H3. The number of alkyl halides is 2. The van der Waals surface area contributed by atoms with E-state index in [-0.39, 0.29) is 30.3 Å². The molecular formula is C21H29F2N3OS. The Morgan fingerprint density at radius 1 is 1.21 bits per heavy atom. The fraction of sp³-hybridized carbons (Fsp3) is 0.667. The van der Waals surface area contributed by atoms with Crippen molar-refractivity contribution in [2.75, 3.05) is 13.1 Å². The maximum absolute atomic E-state index is 13.5. The van der Waals surface area contributed by atoms with Gasteiger partial charge in [-0.2, -0.15) is 0 Å². The quantitative estimate of drug-likeness (QED) is 0.734. The number of fused-ring (bicyclic) bond motifs is 1. The second-order valence-corrected chi connectivity index (χ2v) is 10.5. The van der Waals surface area contributed by atoms with Crippen molar-refractivity contribution in [3.05, 3.63) is 24.0 Å². The minimum absolute atomic E-state index is 0.00236. The van der Waals surface area contributed by atoms with Crippen molar-refractivity contribution in [3.63, 3.8) is 0 Å². The van der Waals surface area contributed by atoms with Gasteiger partial charge in [0.25, 0.3) is 0 Å². The van der Waals surface area contributed by atoms with Gasteiger partial charge in [0.1, 0.15) is 5.82 Å². The summed E-state index contributed by atoms with van der Waals surface area (Å²) in [6.07, 6.45) is 0.920. The molecule has 4 rings (SSSR count). The van der Waals surface area contributed by atoms with Crippen molar-refractivity contribution in [1.82, 2.24) is 13.9 Å². The molecule has 0 radical (unpaired) electrons. The Hall–Kier alpha value is -1.18. The summed E-state index contributed by atoms with van der Waals surface area (Å²) in [6.45, 7) is 8.59. The number of aromatic nitrogens is 2. The molecule has 154 valence electrons. The van der Waals surface area contributed by atoms with Gasteiger partial charge in [-0.15, -0.1) is 0 Å². The van der Waals surface area contributed by atoms with Gasteiger partial charge in [-0.1, -0.05) is 20.8 Å². The SMILES string of the molecule is CC(C)(C)c1nc2cc(SN3CC(O)C3)ccc2n1CC1CCC(F)(F)CC1. The molecule has 1 aliphatic carbocycles. The van der Waals surface area contributed by atoms with Crippen LogP contribution in [0.5, 0.6) is 0 Å². The number of aliphatic hydroxyl groups excluding tert-OH is 1. The lowest BCUT2D eigenvalue weighted by Gasteiger charge is -2.34. The third-order valence-corrected chi connectivity index (χ3v) is 6.75. The third-order valence-electron chi connectivity index (χ3n) is 5.73. The van der Waals surface area contributed by atoms with E-state index in [0.717, 1.165) is 28.3 Å². The number of rotatable bonds is 4. The van der Waals surface area contributed by atoms with E-state index >= 15 is 0 Å². The van der Waals surface area contributed by atoms with Crippen molar-refractivity contribution in [2.24, 2.45) is 5.92 Å². The van der Waals surface area contributed by atoms with Crippen LogP contribution in [0.15, 0.2) is 23.1 Å². The maximum atomic E-state index is 13.5. The molecule has 7 heteroatoms. The molecular weight excluding hydrogens is 380 g/mol. The molecule has 2 fully saturated rings. The van der Waals surface area contributed by atoms with E-state index in [1.165, 1.54) is 0 Å². The maximum Gasteiger partial charge on any atom is 0.248 e. The largest absolute Gasteiger partial charge is 0.390 e. The predicted octanol–water partition coefficient (Wildman–Crippen LogP) is 4.84. The first-order valence-electron chi connectivity index (χ1n) is 10.1. The molecule has 1 aromatic carbocycles. The molecule has 2 aromatic rings. The van der Waals surface area contributed by atoms with Gasteiger partial charge in [0.15, 0.2) is 0 Å². The molecule has 1 saturated carbocycles. The van der Waals surface area contributed by atoms with Crippen molar-refractivity contribution in [2.45, 2.75) is 75.3 Å². The molecule has 2 heterocycles. The zero-order valence-corrected chi connectivity index (χ0v) is 17.6. The van der Waals surface area contributed by atoms with Gasteiger partial charge in [-0.3, -0.25) is 0 Å². The second-order valence-electron chi connectivity index (χ2n) is 9.34. The fourth-order valence-corrected chi connectivity index (χ4v) is 5.19. The first-order valence-corrected chi connectivity index (χ1v) is 10.9. The number of halogens is 2. The lowest BCUT2D eigenvalue weighted by molar-refractivity contribution is -0.0473. The van der Waals surface area contributed by atoms with Crippen molar-refractivity contribution in [3.8, 4) is 0 Å². The molecule has 0 amide bonds. The lowest BCUT2D eigenvalue weighted by Crippen LogP contribution is -2.46. The van der Waals surface area contributed by atoms with Crippen LogP contribution in [-0.2, 0) is 12.0 Å². The summed E-state index contributed by atoms with van der Waals surface area (Å²) < 4.78 is 31.5. The van der Waals surface area contributed by atoms with E-state index in [0.29, 0.717) is 25.9 Å². The van der Waals surface area contributed by atoms with Crippen LogP contribution in [0, 0.1) is 5.92 Å². The molecule has 1 aromatic heterocycles. The summed E-state index contributed by atoms with van der Waals surface area (Å²) in [4.78, 5) is 6.05. The number of benzene rings is 1. The normalized spacial score (nSPS) is 21.9. The van der Waals surface area contributed by atoms with Crippen LogP contribution >= 0.6 is 11.9 Å². The second kappa shape index (κ2) is 7.26. The smallest absolute Gasteiger partial charge is 0.248 e. The van der Waals surface area contributed by atoms with Crippen LogP contribution in [0.2, 0.25) is 0 Å². The highest BCUT2D eigenvalue weighted by Crippen LogP contribution is 2.38. The van der Waals surface area contributed by atoms with Gasteiger partial charge in [0.05, 0.1) is 17.1 Å². The van der Waals surface area contributed by atoms with Gasteiger partial charge < -0.3 is 9.67 Å². The number of nitrogens with zero attached hydrogens (tertiary/aromatic N) is 3. The Morgan fingerprint density at radius 2 is 1.89 bits per heavy atom. The Balaban J connectivity index is 1.60. The van der Waals surface area contributed by atoms with E-state index in [9.17, 15) is 13.9 Å². The summed E-state index contributed by atoms with van der Waals surface area (Å²) in [7, 11) is 0. The number of imidazole rings is 1. The highest BCUT2D eigenvalue weighted by molar-refractivity contribution is 7.97. The fourth-order valence-electron chi connectivity index (χ4n) is 4.10. The molecule has 0 spiro atoms. The van der Waals surface area contributed by atoms with Gasteiger partial charge >= 0.3 is 0 Å². The summed E-state index contributed by atoms with van der Waals surface area (Å²) >= 11 is 1.65. The first kappa shape index (κ1) is 20.1. The van der Waals surface area contributed by atoms with Gasteiger partial charge in [-0.05, 0) is 48.9 Å². The minimum atomic E-state index is -2.49. The van der Waals surface area contributed by atoms with E-state index in [1.807, 2.05) is 0 Å². The van der Waals surface area contributed by atoms with Crippen LogP contribution in [0.25, 0.3) is 11.0 Å². The average Bonchev–Trinajstić information content (AvgIpc) is 2.93. The molecule has 0 bridgehead atoms. The van der Waals surface area contributed by atoms with Gasteiger partial charge in [0, 0.05) is 42.8 Å². The van der Waals surface area contributed by atoms with Crippen molar-refractivity contribution in [1.29, 1.82) is 0 Å². The van der Waals surface area contributed by atoms with Gasteiger partial charge in [-0.25, -0.2) is 18.1 Å². The van der Waals surface area contributed by atoms with E-state index in [2.05, 4.69) is 47.8 Å². The summed E-state index contributed by atoms with van der Waals surface area (Å²) in [6, 6.07) is 6.30. The topological polar surface area (TPSA) is 41.3 Å². The highest BCUT2D eigenvalue weighted by Gasteiger charge is 2.35. The number of aliphatic hydroxyl groups is 1. The van der Waals surface area contributed by atoms with Crippen LogP contribution in [-0.4, -0.2) is 44.1 Å². The number of hydrogen-bond donors (Lipinski definition) is 1. The Bertz CT molecular complexity index is 845. The molecule has 1 N–H and O–H groups in total.